The summed E-state index contributed by atoms with van der Waals surface area (Å²) >= 11 is 6.23. The molecule has 1 aromatic carbocycles. The van der Waals surface area contributed by atoms with Gasteiger partial charge in [0.05, 0.1) is 23.4 Å². The van der Waals surface area contributed by atoms with Crippen molar-refractivity contribution in [1.82, 2.24) is 19.5 Å². The highest BCUT2D eigenvalue weighted by Gasteiger charge is 2.34. The van der Waals surface area contributed by atoms with Crippen molar-refractivity contribution in [2.45, 2.75) is 38.8 Å². The molecule has 2 aliphatic heterocycles. The number of anilines is 2. The summed E-state index contributed by atoms with van der Waals surface area (Å²) in [6.07, 6.45) is 3.55. The predicted octanol–water partition coefficient (Wildman–Crippen LogP) is 3.53. The van der Waals surface area contributed by atoms with E-state index in [1.807, 2.05) is 30.2 Å². The molecule has 2 fully saturated rings. The van der Waals surface area contributed by atoms with Crippen LogP contribution in [0.4, 0.5) is 11.5 Å². The molecule has 2 saturated heterocycles. The van der Waals surface area contributed by atoms with Crippen LogP contribution in [0.1, 0.15) is 47.4 Å². The van der Waals surface area contributed by atoms with Crippen molar-refractivity contribution in [1.29, 1.82) is 0 Å². The Labute approximate surface area is 198 Å². The maximum absolute atomic E-state index is 13.7. The molecule has 0 unspecified atom stereocenters. The van der Waals surface area contributed by atoms with E-state index in [9.17, 15) is 9.90 Å². The topological polar surface area (TPSA) is 86.0 Å². The molecule has 0 saturated carbocycles. The van der Waals surface area contributed by atoms with E-state index >= 15 is 0 Å². The fourth-order valence-electron chi connectivity index (χ4n) is 4.88. The molecule has 1 amide bonds. The van der Waals surface area contributed by atoms with Gasteiger partial charge in [-0.25, -0.2) is 9.50 Å². The van der Waals surface area contributed by atoms with Crippen molar-refractivity contribution in [3.8, 4) is 0 Å². The number of fused-ring (bicyclic) bond motifs is 1. The van der Waals surface area contributed by atoms with Gasteiger partial charge in [-0.3, -0.25) is 4.79 Å². The van der Waals surface area contributed by atoms with E-state index in [1.165, 1.54) is 0 Å². The molecule has 0 aliphatic carbocycles. The van der Waals surface area contributed by atoms with Gasteiger partial charge in [0.1, 0.15) is 5.82 Å². The molecule has 0 spiro atoms. The number of carbonyl (C=O) groups is 1. The number of nitrogens with one attached hydrogen (secondary N) is 1. The maximum Gasteiger partial charge on any atom is 0.256 e. The van der Waals surface area contributed by atoms with Crippen LogP contribution >= 0.6 is 11.6 Å². The quantitative estimate of drug-likeness (QED) is 0.609. The summed E-state index contributed by atoms with van der Waals surface area (Å²) in [5.74, 6) is 1.24. The van der Waals surface area contributed by atoms with Crippen molar-refractivity contribution < 1.29 is 9.90 Å². The number of aryl methyl sites for hydroxylation is 1. The largest absolute Gasteiger partial charge is 0.389 e. The number of piperidine rings is 1. The smallest absolute Gasteiger partial charge is 0.256 e. The highest BCUT2D eigenvalue weighted by Crippen LogP contribution is 2.36. The van der Waals surface area contributed by atoms with E-state index in [0.29, 0.717) is 36.1 Å². The van der Waals surface area contributed by atoms with Crippen LogP contribution in [-0.2, 0) is 0 Å². The molecule has 2 aromatic heterocycles. The van der Waals surface area contributed by atoms with E-state index < -0.39 is 0 Å². The number of benzene rings is 1. The molecule has 174 valence electrons. The molecule has 8 nitrogen and oxygen atoms in total. The summed E-state index contributed by atoms with van der Waals surface area (Å²) in [6.45, 7) is 6.04. The second-order valence-corrected chi connectivity index (χ2v) is 9.71. The third-order valence-corrected chi connectivity index (χ3v) is 6.92. The van der Waals surface area contributed by atoms with Gasteiger partial charge in [0.25, 0.3) is 5.91 Å². The Hall–Kier alpha value is -2.84. The number of carbonyl (C=O) groups excluding carboxylic acids is 1. The number of likely N-dealkylation sites (tertiary alicyclic amines) is 1. The zero-order valence-electron chi connectivity index (χ0n) is 19.1. The molecule has 0 radical (unpaired) electrons. The SMILES string of the molecule is CNc1ccc(Cl)cc1C(=O)N1C[C@@H](C)CC[C@H]1c1cc2nc(N3CC(O)C3)c(C)cn2n1. The first-order valence-electron chi connectivity index (χ1n) is 11.4. The number of hydrogen-bond acceptors (Lipinski definition) is 6. The van der Waals surface area contributed by atoms with Crippen molar-refractivity contribution in [2.24, 2.45) is 5.92 Å². The summed E-state index contributed by atoms with van der Waals surface area (Å²) < 4.78 is 1.80. The molecule has 2 atom stereocenters. The lowest BCUT2D eigenvalue weighted by Crippen LogP contribution is -2.51. The summed E-state index contributed by atoms with van der Waals surface area (Å²) in [4.78, 5) is 22.5. The van der Waals surface area contributed by atoms with Crippen molar-refractivity contribution in [3.63, 3.8) is 0 Å². The minimum atomic E-state index is -0.291. The Bertz CT molecular complexity index is 1210. The third-order valence-electron chi connectivity index (χ3n) is 6.69. The first kappa shape index (κ1) is 22.0. The Balaban J connectivity index is 1.50. The maximum atomic E-state index is 13.7. The predicted molar refractivity (Wildman–Crippen MR) is 129 cm³/mol. The molecule has 0 bridgehead atoms. The number of amides is 1. The fraction of sp³-hybridized carbons (Fsp3) is 0.458. The van der Waals surface area contributed by atoms with Gasteiger partial charge in [0.2, 0.25) is 0 Å². The Kier molecular flexibility index (Phi) is 5.66. The van der Waals surface area contributed by atoms with E-state index in [-0.39, 0.29) is 18.1 Å². The fourth-order valence-corrected chi connectivity index (χ4v) is 5.05. The van der Waals surface area contributed by atoms with Crippen LogP contribution in [0.3, 0.4) is 0 Å². The van der Waals surface area contributed by atoms with Gasteiger partial charge in [-0.05, 0) is 43.9 Å². The molecular formula is C24H29ClN6O2. The van der Waals surface area contributed by atoms with Gasteiger partial charge in [0, 0.05) is 55.2 Å². The molecule has 4 heterocycles. The third kappa shape index (κ3) is 4.02. The Morgan fingerprint density at radius 1 is 1.21 bits per heavy atom. The van der Waals surface area contributed by atoms with Gasteiger partial charge in [-0.1, -0.05) is 18.5 Å². The monoisotopic (exact) mass is 468 g/mol. The summed E-state index contributed by atoms with van der Waals surface area (Å²) in [6, 6.07) is 7.20. The normalized spacial score (nSPS) is 21.4. The van der Waals surface area contributed by atoms with Gasteiger partial charge < -0.3 is 20.2 Å². The van der Waals surface area contributed by atoms with E-state index in [4.69, 9.17) is 21.7 Å². The van der Waals surface area contributed by atoms with Crippen molar-refractivity contribution >= 4 is 34.7 Å². The van der Waals surface area contributed by atoms with E-state index in [0.717, 1.165) is 41.3 Å². The first-order valence-corrected chi connectivity index (χ1v) is 11.8. The number of aromatic nitrogens is 3. The molecule has 3 aromatic rings. The minimum Gasteiger partial charge on any atom is -0.389 e. The number of β-amino-alcohol motifs (C(OH)–C–C–N with tert-alkyl or cyclic N) is 1. The second kappa shape index (κ2) is 8.50. The molecule has 9 heteroatoms. The molecule has 33 heavy (non-hydrogen) atoms. The van der Waals surface area contributed by atoms with Gasteiger partial charge in [-0.15, -0.1) is 0 Å². The lowest BCUT2D eigenvalue weighted by molar-refractivity contribution is 0.0538. The summed E-state index contributed by atoms with van der Waals surface area (Å²) in [5.41, 5.74) is 3.93. The number of nitrogens with zero attached hydrogens (tertiary/aromatic N) is 5. The van der Waals surface area contributed by atoms with Crippen LogP contribution in [0.2, 0.25) is 5.02 Å². The molecule has 2 aliphatic rings. The summed E-state index contributed by atoms with van der Waals surface area (Å²) in [5, 5.41) is 18.1. The van der Waals surface area contributed by atoms with Crippen LogP contribution in [0.15, 0.2) is 30.5 Å². The highest BCUT2D eigenvalue weighted by atomic mass is 35.5. The van der Waals surface area contributed by atoms with Gasteiger partial charge in [-0.2, -0.15) is 5.10 Å². The van der Waals surface area contributed by atoms with E-state index in [1.54, 1.807) is 23.7 Å². The van der Waals surface area contributed by atoms with Crippen LogP contribution in [0.25, 0.3) is 5.65 Å². The minimum absolute atomic E-state index is 0.0464. The Morgan fingerprint density at radius 2 is 2.00 bits per heavy atom. The second-order valence-electron chi connectivity index (χ2n) is 9.27. The number of aliphatic hydroxyl groups is 1. The lowest BCUT2D eigenvalue weighted by atomic mass is 9.91. The zero-order valence-corrected chi connectivity index (χ0v) is 19.9. The first-order chi connectivity index (χ1) is 15.8. The van der Waals surface area contributed by atoms with Crippen LogP contribution in [0, 0.1) is 12.8 Å². The van der Waals surface area contributed by atoms with Crippen LogP contribution in [0.5, 0.6) is 0 Å². The average Bonchev–Trinajstić information content (AvgIpc) is 3.18. The van der Waals surface area contributed by atoms with Crippen molar-refractivity contribution in [3.05, 3.63) is 52.3 Å². The van der Waals surface area contributed by atoms with Crippen molar-refractivity contribution in [2.75, 3.05) is 36.9 Å². The number of halogens is 1. The van der Waals surface area contributed by atoms with Crippen LogP contribution < -0.4 is 10.2 Å². The standard InChI is InChI=1S/C24H29ClN6O2/c1-14-4-7-21(30(10-14)24(33)18-8-16(25)5-6-19(18)26-3)20-9-22-27-23(29-12-17(32)13-29)15(2)11-31(22)28-20/h5-6,8-9,11,14,17,21,26,32H,4,7,10,12-13H2,1-3H3/t14-,21-/m0/s1. The van der Waals surface area contributed by atoms with E-state index in [2.05, 4.69) is 17.1 Å². The zero-order chi connectivity index (χ0) is 23.3. The highest BCUT2D eigenvalue weighted by molar-refractivity contribution is 6.31. The molecule has 5 rings (SSSR count). The average molecular weight is 469 g/mol. The van der Waals surface area contributed by atoms with Gasteiger partial charge >= 0.3 is 0 Å². The Morgan fingerprint density at radius 3 is 2.73 bits per heavy atom. The van der Waals surface area contributed by atoms with Gasteiger partial charge in [0.15, 0.2) is 5.65 Å². The number of rotatable bonds is 4. The molecular weight excluding hydrogens is 440 g/mol. The molecule has 2 N–H and O–H groups in total. The number of hydrogen-bond donors (Lipinski definition) is 2. The van der Waals surface area contributed by atoms with Crippen LogP contribution in [-0.4, -0.2) is 63.3 Å². The lowest BCUT2D eigenvalue weighted by Gasteiger charge is -2.38. The summed E-state index contributed by atoms with van der Waals surface area (Å²) in [7, 11) is 1.81. The number of aliphatic hydroxyl groups excluding tert-OH is 1.